The second-order valence-corrected chi connectivity index (χ2v) is 5.67. The minimum atomic E-state index is -1.08. The molecule has 0 fully saturated rings. The molecule has 1 atom stereocenters. The number of benzene rings is 1. The number of carbonyl (C=O) groups is 2. The van der Waals surface area contributed by atoms with Gasteiger partial charge < -0.3 is 15.2 Å². The monoisotopic (exact) mass is 279 g/mol. The van der Waals surface area contributed by atoms with Gasteiger partial charge in [0.05, 0.1) is 0 Å². The average molecular weight is 279 g/mol. The average Bonchev–Trinajstić information content (AvgIpc) is 2.28. The van der Waals surface area contributed by atoms with Gasteiger partial charge in [0.2, 0.25) is 0 Å². The van der Waals surface area contributed by atoms with Crippen molar-refractivity contribution in [2.45, 2.75) is 45.8 Å². The first kappa shape index (κ1) is 16.0. The number of hydrogen-bond donors (Lipinski definition) is 2. The van der Waals surface area contributed by atoms with Gasteiger partial charge in [0.25, 0.3) is 0 Å². The Morgan fingerprint density at radius 2 is 1.90 bits per heavy atom. The third-order valence-electron chi connectivity index (χ3n) is 2.67. The fraction of sp³-hybridized carbons (Fsp3) is 0.467. The van der Waals surface area contributed by atoms with E-state index in [2.05, 4.69) is 5.32 Å². The quantitative estimate of drug-likeness (QED) is 0.888. The Hall–Kier alpha value is -2.04. The molecule has 0 aliphatic heterocycles. The molecule has 2 N–H and O–H groups in total. The van der Waals surface area contributed by atoms with E-state index in [9.17, 15) is 14.7 Å². The molecule has 0 saturated heterocycles. The predicted molar refractivity (Wildman–Crippen MR) is 75.7 cm³/mol. The molecule has 0 heterocycles. The molecular formula is C15H21NO4. The smallest absolute Gasteiger partial charge is 0.408 e. The van der Waals surface area contributed by atoms with Gasteiger partial charge in [0, 0.05) is 6.42 Å². The highest BCUT2D eigenvalue weighted by atomic mass is 16.6. The van der Waals surface area contributed by atoms with Crippen LogP contribution in [-0.4, -0.2) is 28.8 Å². The molecule has 0 aromatic heterocycles. The molecule has 0 bridgehead atoms. The molecule has 0 unspecified atom stereocenters. The number of aryl methyl sites for hydroxylation is 1. The van der Waals surface area contributed by atoms with Gasteiger partial charge in [-0.1, -0.05) is 24.3 Å². The van der Waals surface area contributed by atoms with Gasteiger partial charge in [-0.2, -0.15) is 0 Å². The number of ether oxygens (including phenoxy) is 1. The standard InChI is InChI=1S/C15H21NO4/c1-10-7-5-6-8-11(10)9-12(13(17)18)16-14(19)20-15(2,3)4/h5-8,12H,9H2,1-4H3,(H,16,19)(H,17,18)/t12-/m0/s1. The van der Waals surface area contributed by atoms with Crippen LogP contribution in [-0.2, 0) is 16.0 Å². The van der Waals surface area contributed by atoms with Gasteiger partial charge in [-0.15, -0.1) is 0 Å². The summed E-state index contributed by atoms with van der Waals surface area (Å²) >= 11 is 0. The number of nitrogens with one attached hydrogen (secondary N) is 1. The van der Waals surface area contributed by atoms with E-state index in [0.717, 1.165) is 11.1 Å². The number of carboxylic acid groups (broad SMARTS) is 1. The molecule has 20 heavy (non-hydrogen) atoms. The van der Waals surface area contributed by atoms with Crippen LogP contribution in [0, 0.1) is 6.92 Å². The molecule has 1 rings (SSSR count). The van der Waals surface area contributed by atoms with Gasteiger partial charge in [0.15, 0.2) is 0 Å². The topological polar surface area (TPSA) is 75.6 Å². The highest BCUT2D eigenvalue weighted by Crippen LogP contribution is 2.11. The molecule has 1 amide bonds. The van der Waals surface area contributed by atoms with Crippen LogP contribution in [0.3, 0.4) is 0 Å². The fourth-order valence-corrected chi connectivity index (χ4v) is 1.71. The maximum atomic E-state index is 11.7. The molecule has 5 nitrogen and oxygen atoms in total. The molecule has 0 aliphatic rings. The summed E-state index contributed by atoms with van der Waals surface area (Å²) in [5.41, 5.74) is 1.22. The van der Waals surface area contributed by atoms with Crippen molar-refractivity contribution in [3.63, 3.8) is 0 Å². The second-order valence-electron chi connectivity index (χ2n) is 5.67. The van der Waals surface area contributed by atoms with Crippen molar-refractivity contribution >= 4 is 12.1 Å². The summed E-state index contributed by atoms with van der Waals surface area (Å²) in [5, 5.41) is 11.6. The zero-order valence-electron chi connectivity index (χ0n) is 12.3. The molecule has 0 aliphatic carbocycles. The largest absolute Gasteiger partial charge is 0.480 e. The van der Waals surface area contributed by atoms with Gasteiger partial charge in [-0.3, -0.25) is 0 Å². The molecule has 0 spiro atoms. The number of rotatable bonds is 4. The van der Waals surface area contributed by atoms with Crippen LogP contribution < -0.4 is 5.32 Å². The number of carbonyl (C=O) groups excluding carboxylic acids is 1. The van der Waals surface area contributed by atoms with Crippen molar-refractivity contribution in [2.24, 2.45) is 0 Å². The number of aliphatic carboxylic acids is 1. The van der Waals surface area contributed by atoms with E-state index < -0.39 is 23.7 Å². The van der Waals surface area contributed by atoms with Crippen molar-refractivity contribution in [1.29, 1.82) is 0 Å². The summed E-state index contributed by atoms with van der Waals surface area (Å²) in [6.07, 6.45) is -0.500. The zero-order chi connectivity index (χ0) is 15.3. The molecule has 1 aromatic carbocycles. The molecule has 110 valence electrons. The summed E-state index contributed by atoms with van der Waals surface area (Å²) in [4.78, 5) is 22.9. The Bertz CT molecular complexity index is 491. The number of carboxylic acids is 1. The molecular weight excluding hydrogens is 258 g/mol. The van der Waals surface area contributed by atoms with Crippen LogP contribution in [0.15, 0.2) is 24.3 Å². The summed E-state index contributed by atoms with van der Waals surface area (Å²) in [7, 11) is 0. The van der Waals surface area contributed by atoms with E-state index in [0.29, 0.717) is 0 Å². The molecule has 0 radical (unpaired) electrons. The highest BCUT2D eigenvalue weighted by molar-refractivity contribution is 5.80. The Kier molecular flexibility index (Phi) is 5.13. The summed E-state index contributed by atoms with van der Waals surface area (Å²) in [6.45, 7) is 7.08. The van der Waals surface area contributed by atoms with Crippen LogP contribution in [0.25, 0.3) is 0 Å². The molecule has 5 heteroatoms. The lowest BCUT2D eigenvalue weighted by atomic mass is 10.0. The lowest BCUT2D eigenvalue weighted by Crippen LogP contribution is -2.44. The maximum Gasteiger partial charge on any atom is 0.408 e. The summed E-state index contributed by atoms with van der Waals surface area (Å²) in [6, 6.07) is 6.47. The Balaban J connectivity index is 2.74. The Morgan fingerprint density at radius 3 is 2.40 bits per heavy atom. The van der Waals surface area contributed by atoms with E-state index in [1.807, 2.05) is 31.2 Å². The van der Waals surface area contributed by atoms with Gasteiger partial charge in [-0.05, 0) is 38.8 Å². The van der Waals surface area contributed by atoms with Crippen molar-refractivity contribution in [3.05, 3.63) is 35.4 Å². The lowest BCUT2D eigenvalue weighted by molar-refractivity contribution is -0.139. The van der Waals surface area contributed by atoms with Gasteiger partial charge in [-0.25, -0.2) is 9.59 Å². The van der Waals surface area contributed by atoms with Crippen molar-refractivity contribution in [3.8, 4) is 0 Å². The van der Waals surface area contributed by atoms with E-state index >= 15 is 0 Å². The van der Waals surface area contributed by atoms with Crippen LogP contribution in [0.5, 0.6) is 0 Å². The van der Waals surface area contributed by atoms with Crippen LogP contribution in [0.2, 0.25) is 0 Å². The highest BCUT2D eigenvalue weighted by Gasteiger charge is 2.24. The number of amides is 1. The predicted octanol–water partition coefficient (Wildman–Crippen LogP) is 2.52. The van der Waals surface area contributed by atoms with Crippen LogP contribution >= 0.6 is 0 Å². The zero-order valence-corrected chi connectivity index (χ0v) is 12.3. The SMILES string of the molecule is Cc1ccccc1C[C@H](NC(=O)OC(C)(C)C)C(=O)O. The normalized spacial score (nSPS) is 12.6. The first-order valence-corrected chi connectivity index (χ1v) is 6.46. The molecule has 1 aromatic rings. The number of hydrogen-bond acceptors (Lipinski definition) is 3. The van der Waals surface area contributed by atoms with Crippen LogP contribution in [0.4, 0.5) is 4.79 Å². The lowest BCUT2D eigenvalue weighted by Gasteiger charge is -2.22. The van der Waals surface area contributed by atoms with Crippen molar-refractivity contribution in [1.82, 2.24) is 5.32 Å². The molecule has 0 saturated carbocycles. The van der Waals surface area contributed by atoms with E-state index in [4.69, 9.17) is 4.74 Å². The van der Waals surface area contributed by atoms with E-state index in [-0.39, 0.29) is 6.42 Å². The van der Waals surface area contributed by atoms with Gasteiger partial charge >= 0.3 is 12.1 Å². The third-order valence-corrected chi connectivity index (χ3v) is 2.67. The minimum Gasteiger partial charge on any atom is -0.480 e. The Labute approximate surface area is 118 Å². The first-order valence-electron chi connectivity index (χ1n) is 6.46. The summed E-state index contributed by atoms with van der Waals surface area (Å²) in [5.74, 6) is -1.08. The second kappa shape index (κ2) is 6.41. The first-order chi connectivity index (χ1) is 9.19. The van der Waals surface area contributed by atoms with Crippen molar-refractivity contribution in [2.75, 3.05) is 0 Å². The van der Waals surface area contributed by atoms with E-state index in [1.54, 1.807) is 20.8 Å². The number of alkyl carbamates (subject to hydrolysis) is 1. The maximum absolute atomic E-state index is 11.7. The summed E-state index contributed by atoms with van der Waals surface area (Å²) < 4.78 is 5.07. The minimum absolute atomic E-state index is 0.223. The van der Waals surface area contributed by atoms with E-state index in [1.165, 1.54) is 0 Å². The third kappa shape index (κ3) is 5.30. The van der Waals surface area contributed by atoms with Crippen molar-refractivity contribution < 1.29 is 19.4 Å². The van der Waals surface area contributed by atoms with Crippen LogP contribution in [0.1, 0.15) is 31.9 Å². The fourth-order valence-electron chi connectivity index (χ4n) is 1.71. The Morgan fingerprint density at radius 1 is 1.30 bits per heavy atom. The van der Waals surface area contributed by atoms with Gasteiger partial charge in [0.1, 0.15) is 11.6 Å².